The zero-order chi connectivity index (χ0) is 12.8. The van der Waals surface area contributed by atoms with Crippen molar-refractivity contribution in [3.63, 3.8) is 0 Å². The number of hydrogen-bond acceptors (Lipinski definition) is 3. The van der Waals surface area contributed by atoms with Gasteiger partial charge in [0.15, 0.2) is 6.20 Å². The van der Waals surface area contributed by atoms with Crippen molar-refractivity contribution in [1.29, 1.82) is 0 Å². The van der Waals surface area contributed by atoms with Crippen molar-refractivity contribution in [1.82, 2.24) is 0 Å². The summed E-state index contributed by atoms with van der Waals surface area (Å²) < 4.78 is 6.49. The number of nitrogens with zero attached hydrogens (tertiary/aromatic N) is 1. The van der Waals surface area contributed by atoms with Crippen LogP contribution in [-0.4, -0.2) is 12.4 Å². The highest BCUT2D eigenvalue weighted by Gasteiger charge is 2.03. The fourth-order valence-corrected chi connectivity index (χ4v) is 2.27. The van der Waals surface area contributed by atoms with Gasteiger partial charge < -0.3 is 9.94 Å². The molecular formula is C14H15NO2S. The lowest BCUT2D eigenvalue weighted by Gasteiger charge is -2.06. The minimum atomic E-state index is 0.586. The molecule has 18 heavy (non-hydrogen) atoms. The molecule has 0 unspecified atom stereocenters. The first-order valence-electron chi connectivity index (χ1n) is 5.76. The van der Waals surface area contributed by atoms with Crippen molar-refractivity contribution in [2.75, 3.05) is 12.4 Å². The summed E-state index contributed by atoms with van der Waals surface area (Å²) in [7, 11) is 0. The van der Waals surface area contributed by atoms with Gasteiger partial charge in [-0.3, -0.25) is 0 Å². The predicted molar refractivity (Wildman–Crippen MR) is 72.8 cm³/mol. The molecule has 94 valence electrons. The predicted octanol–water partition coefficient (Wildman–Crippen LogP) is 2.80. The Morgan fingerprint density at radius 2 is 2.11 bits per heavy atom. The van der Waals surface area contributed by atoms with Crippen molar-refractivity contribution in [3.8, 4) is 5.75 Å². The molecule has 0 amide bonds. The largest absolute Gasteiger partial charge is 0.618 e. The smallest absolute Gasteiger partial charge is 0.251 e. The number of hydrogen-bond donors (Lipinski definition) is 0. The van der Waals surface area contributed by atoms with Gasteiger partial charge in [0.05, 0.1) is 6.61 Å². The van der Waals surface area contributed by atoms with Crippen LogP contribution in [-0.2, 0) is 0 Å². The van der Waals surface area contributed by atoms with Crippen LogP contribution in [0.4, 0.5) is 0 Å². The maximum absolute atomic E-state index is 11.4. The van der Waals surface area contributed by atoms with E-state index in [1.807, 2.05) is 43.3 Å². The van der Waals surface area contributed by atoms with Gasteiger partial charge in [-0.05, 0) is 30.7 Å². The van der Waals surface area contributed by atoms with Crippen molar-refractivity contribution in [2.45, 2.75) is 11.9 Å². The highest BCUT2D eigenvalue weighted by molar-refractivity contribution is 7.99. The summed E-state index contributed by atoms with van der Waals surface area (Å²) in [6.45, 7) is 2.62. The summed E-state index contributed by atoms with van der Waals surface area (Å²) in [6.07, 6.45) is 1.50. The number of pyridine rings is 1. The first-order chi connectivity index (χ1) is 8.75. The Morgan fingerprint density at radius 3 is 2.89 bits per heavy atom. The Balaban J connectivity index is 1.78. The molecule has 3 nitrogen and oxygen atoms in total. The molecule has 4 heteroatoms. The van der Waals surface area contributed by atoms with E-state index in [9.17, 15) is 5.21 Å². The second kappa shape index (κ2) is 6.31. The molecule has 0 aliphatic rings. The molecule has 0 aliphatic carbocycles. The summed E-state index contributed by atoms with van der Waals surface area (Å²) >= 11 is 1.50. The molecule has 0 saturated carbocycles. The Labute approximate surface area is 111 Å². The third kappa shape index (κ3) is 3.67. The summed E-state index contributed by atoms with van der Waals surface area (Å²) in [5.74, 6) is 1.62. The maximum Gasteiger partial charge on any atom is 0.251 e. The van der Waals surface area contributed by atoms with Crippen LogP contribution in [0.15, 0.2) is 53.7 Å². The highest BCUT2D eigenvalue weighted by atomic mass is 32.2. The molecule has 1 heterocycles. The minimum absolute atomic E-state index is 0.586. The Bertz CT molecular complexity index is 517. The summed E-state index contributed by atoms with van der Waals surface area (Å²) in [5, 5.41) is 12.1. The third-order valence-electron chi connectivity index (χ3n) is 2.38. The van der Waals surface area contributed by atoms with Crippen LogP contribution in [0.1, 0.15) is 5.56 Å². The van der Waals surface area contributed by atoms with E-state index in [1.165, 1.54) is 23.5 Å². The van der Waals surface area contributed by atoms with Gasteiger partial charge in [0, 0.05) is 17.9 Å². The van der Waals surface area contributed by atoms with Gasteiger partial charge in [0.1, 0.15) is 5.75 Å². The second-order valence-electron chi connectivity index (χ2n) is 3.88. The Kier molecular flexibility index (Phi) is 4.47. The first kappa shape index (κ1) is 12.8. The molecule has 2 aromatic rings. The summed E-state index contributed by atoms with van der Waals surface area (Å²) in [5.41, 5.74) is 1.18. The van der Waals surface area contributed by atoms with E-state index in [2.05, 4.69) is 0 Å². The van der Waals surface area contributed by atoms with Crippen LogP contribution in [0.3, 0.4) is 0 Å². The standard InChI is InChI=1S/C14H15NO2S/c1-12-5-4-6-13(11-12)17-9-10-18-14-7-2-3-8-15(14)16/h2-8,11H,9-10H2,1H3. The van der Waals surface area contributed by atoms with Gasteiger partial charge >= 0.3 is 0 Å². The lowest BCUT2D eigenvalue weighted by atomic mass is 10.2. The molecule has 2 rings (SSSR count). The van der Waals surface area contributed by atoms with Gasteiger partial charge in [-0.1, -0.05) is 23.9 Å². The summed E-state index contributed by atoms with van der Waals surface area (Å²) in [6, 6.07) is 13.3. The number of aryl methyl sites for hydroxylation is 1. The van der Waals surface area contributed by atoms with Crippen LogP contribution < -0.4 is 9.47 Å². The number of ether oxygens (including phenoxy) is 1. The Morgan fingerprint density at radius 1 is 1.22 bits per heavy atom. The van der Waals surface area contributed by atoms with E-state index in [1.54, 1.807) is 6.07 Å². The number of benzene rings is 1. The molecule has 1 aromatic heterocycles. The van der Waals surface area contributed by atoms with Crippen molar-refractivity contribution < 1.29 is 9.47 Å². The molecule has 0 saturated heterocycles. The molecule has 0 spiro atoms. The molecule has 0 fully saturated rings. The second-order valence-corrected chi connectivity index (χ2v) is 4.99. The number of rotatable bonds is 5. The van der Waals surface area contributed by atoms with E-state index in [-0.39, 0.29) is 0 Å². The van der Waals surface area contributed by atoms with Crippen LogP contribution in [0.25, 0.3) is 0 Å². The van der Waals surface area contributed by atoms with E-state index in [4.69, 9.17) is 4.74 Å². The fourth-order valence-electron chi connectivity index (χ4n) is 1.54. The molecule has 0 bridgehead atoms. The van der Waals surface area contributed by atoms with Crippen molar-refractivity contribution >= 4 is 11.8 Å². The van der Waals surface area contributed by atoms with E-state index in [0.717, 1.165) is 16.2 Å². The van der Waals surface area contributed by atoms with E-state index in [0.29, 0.717) is 11.6 Å². The van der Waals surface area contributed by atoms with Gasteiger partial charge in [-0.25, -0.2) is 0 Å². The lowest BCUT2D eigenvalue weighted by Crippen LogP contribution is -2.27. The molecule has 0 aliphatic heterocycles. The van der Waals surface area contributed by atoms with E-state index >= 15 is 0 Å². The van der Waals surface area contributed by atoms with Gasteiger partial charge in [-0.2, -0.15) is 4.73 Å². The number of thioether (sulfide) groups is 1. The van der Waals surface area contributed by atoms with Gasteiger partial charge in [0.2, 0.25) is 0 Å². The SMILES string of the molecule is Cc1cccc(OCCSc2cccc[n+]2[O-])c1. The van der Waals surface area contributed by atoms with Crippen LogP contribution in [0.2, 0.25) is 0 Å². The average Bonchev–Trinajstić information content (AvgIpc) is 2.37. The quantitative estimate of drug-likeness (QED) is 0.359. The minimum Gasteiger partial charge on any atom is -0.618 e. The molecule has 0 radical (unpaired) electrons. The Hall–Kier alpha value is -1.68. The molecule has 1 aromatic carbocycles. The average molecular weight is 261 g/mol. The van der Waals surface area contributed by atoms with Gasteiger partial charge in [0.25, 0.3) is 5.03 Å². The van der Waals surface area contributed by atoms with Crippen LogP contribution >= 0.6 is 11.8 Å². The van der Waals surface area contributed by atoms with Crippen molar-refractivity contribution in [3.05, 3.63) is 59.4 Å². The van der Waals surface area contributed by atoms with Crippen molar-refractivity contribution in [2.24, 2.45) is 0 Å². The molecule has 0 atom stereocenters. The zero-order valence-electron chi connectivity index (χ0n) is 10.2. The molecule has 0 N–H and O–H groups in total. The van der Waals surface area contributed by atoms with Gasteiger partial charge in [-0.15, -0.1) is 0 Å². The highest BCUT2D eigenvalue weighted by Crippen LogP contribution is 2.15. The molecular weight excluding hydrogens is 246 g/mol. The first-order valence-corrected chi connectivity index (χ1v) is 6.75. The normalized spacial score (nSPS) is 10.3. The maximum atomic E-state index is 11.4. The van der Waals surface area contributed by atoms with Crippen LogP contribution in [0, 0.1) is 12.1 Å². The topological polar surface area (TPSA) is 36.2 Å². The monoisotopic (exact) mass is 261 g/mol. The summed E-state index contributed by atoms with van der Waals surface area (Å²) in [4.78, 5) is 0. The third-order valence-corrected chi connectivity index (χ3v) is 3.36. The van der Waals surface area contributed by atoms with Crippen LogP contribution in [0.5, 0.6) is 5.75 Å². The lowest BCUT2D eigenvalue weighted by molar-refractivity contribution is -0.645. The fraction of sp³-hybridized carbons (Fsp3) is 0.214. The zero-order valence-corrected chi connectivity index (χ0v) is 11.0. The van der Waals surface area contributed by atoms with E-state index < -0.39 is 0 Å². The number of aromatic nitrogens is 1.